The molecule has 0 aliphatic carbocycles. The summed E-state index contributed by atoms with van der Waals surface area (Å²) in [5, 5.41) is 10.00. The van der Waals surface area contributed by atoms with Crippen LogP contribution in [0.1, 0.15) is 23.6 Å². The highest BCUT2D eigenvalue weighted by molar-refractivity contribution is 7.15. The summed E-state index contributed by atoms with van der Waals surface area (Å²) in [6.07, 6.45) is 0.940. The average Bonchev–Trinajstić information content (AvgIpc) is 2.61. The highest BCUT2D eigenvalue weighted by Crippen LogP contribution is 2.31. The fourth-order valence-corrected chi connectivity index (χ4v) is 2.44. The fourth-order valence-electron chi connectivity index (χ4n) is 1.44. The maximum absolute atomic E-state index is 13.5. The van der Waals surface area contributed by atoms with E-state index in [0.29, 0.717) is 5.01 Å². The van der Waals surface area contributed by atoms with Crippen molar-refractivity contribution < 1.29 is 9.50 Å². The number of hydrogen-bond donors (Lipinski definition) is 1. The van der Waals surface area contributed by atoms with Crippen LogP contribution in [0, 0.1) is 12.7 Å². The summed E-state index contributed by atoms with van der Waals surface area (Å²) in [5.41, 5.74) is 0.961. The Balaban J connectivity index is 2.50. The summed E-state index contributed by atoms with van der Waals surface area (Å²) >= 11 is 1.27. The molecule has 2 rings (SSSR count). The van der Waals surface area contributed by atoms with Crippen molar-refractivity contribution >= 4 is 11.3 Å². The van der Waals surface area contributed by atoms with Crippen molar-refractivity contribution in [1.82, 2.24) is 9.97 Å². The molecule has 16 heavy (non-hydrogen) atoms. The van der Waals surface area contributed by atoms with Crippen molar-refractivity contribution in [3.05, 3.63) is 34.7 Å². The number of pyridine rings is 1. The summed E-state index contributed by atoms with van der Waals surface area (Å²) < 4.78 is 13.5. The van der Waals surface area contributed by atoms with Crippen LogP contribution in [-0.4, -0.2) is 15.1 Å². The first kappa shape index (κ1) is 11.2. The molecular weight excluding hydrogens is 227 g/mol. The van der Waals surface area contributed by atoms with Crippen LogP contribution in [0.25, 0.3) is 10.7 Å². The van der Waals surface area contributed by atoms with Gasteiger partial charge in [-0.2, -0.15) is 0 Å². The molecule has 0 aliphatic heterocycles. The average molecular weight is 238 g/mol. The van der Waals surface area contributed by atoms with Gasteiger partial charge in [0, 0.05) is 6.20 Å². The number of aromatic nitrogens is 2. The SMILES string of the molecule is Cc1nc(-c2ncccc2F)sc1C(C)O. The van der Waals surface area contributed by atoms with Crippen molar-refractivity contribution in [2.24, 2.45) is 0 Å². The first-order chi connectivity index (χ1) is 7.59. The molecule has 1 atom stereocenters. The Labute approximate surface area is 96.6 Å². The normalized spacial score (nSPS) is 12.8. The van der Waals surface area contributed by atoms with Crippen LogP contribution in [0.3, 0.4) is 0 Å². The smallest absolute Gasteiger partial charge is 0.151 e. The van der Waals surface area contributed by atoms with Crippen molar-refractivity contribution in [2.45, 2.75) is 20.0 Å². The number of halogens is 1. The minimum atomic E-state index is -0.585. The summed E-state index contributed by atoms with van der Waals surface area (Å²) in [7, 11) is 0. The summed E-state index contributed by atoms with van der Waals surface area (Å²) in [6, 6.07) is 2.88. The van der Waals surface area contributed by atoms with E-state index >= 15 is 0 Å². The molecule has 0 saturated carbocycles. The van der Waals surface area contributed by atoms with Crippen LogP contribution in [0.4, 0.5) is 4.39 Å². The van der Waals surface area contributed by atoms with Gasteiger partial charge in [-0.1, -0.05) is 0 Å². The number of aryl methyl sites for hydroxylation is 1. The van der Waals surface area contributed by atoms with E-state index < -0.39 is 11.9 Å². The maximum Gasteiger partial charge on any atom is 0.151 e. The molecule has 0 bridgehead atoms. The number of aliphatic hydroxyl groups is 1. The van der Waals surface area contributed by atoms with E-state index in [1.165, 1.54) is 29.7 Å². The van der Waals surface area contributed by atoms with Crippen LogP contribution < -0.4 is 0 Å². The van der Waals surface area contributed by atoms with E-state index in [2.05, 4.69) is 9.97 Å². The third kappa shape index (κ3) is 1.96. The van der Waals surface area contributed by atoms with Crippen LogP contribution in [0.5, 0.6) is 0 Å². The van der Waals surface area contributed by atoms with E-state index in [0.717, 1.165) is 10.6 Å². The van der Waals surface area contributed by atoms with E-state index in [-0.39, 0.29) is 5.69 Å². The summed E-state index contributed by atoms with van der Waals surface area (Å²) in [5.74, 6) is -0.395. The molecule has 2 heterocycles. The third-order valence-electron chi connectivity index (χ3n) is 2.17. The first-order valence-corrected chi connectivity index (χ1v) is 5.67. The Morgan fingerprint density at radius 3 is 2.81 bits per heavy atom. The molecule has 0 amide bonds. The second kappa shape index (κ2) is 4.27. The van der Waals surface area contributed by atoms with E-state index in [1.807, 2.05) is 0 Å². The Morgan fingerprint density at radius 1 is 1.50 bits per heavy atom. The lowest BCUT2D eigenvalue weighted by molar-refractivity contribution is 0.202. The van der Waals surface area contributed by atoms with Gasteiger partial charge in [-0.05, 0) is 26.0 Å². The largest absolute Gasteiger partial charge is 0.388 e. The second-order valence-corrected chi connectivity index (χ2v) is 4.51. The van der Waals surface area contributed by atoms with Gasteiger partial charge in [0.2, 0.25) is 0 Å². The topological polar surface area (TPSA) is 46.0 Å². The van der Waals surface area contributed by atoms with Crippen LogP contribution in [0.2, 0.25) is 0 Å². The van der Waals surface area contributed by atoms with Crippen molar-refractivity contribution in [3.8, 4) is 10.7 Å². The predicted molar refractivity (Wildman–Crippen MR) is 60.7 cm³/mol. The molecule has 5 heteroatoms. The molecule has 0 radical (unpaired) electrons. The Hall–Kier alpha value is -1.33. The zero-order valence-electron chi connectivity index (χ0n) is 8.94. The van der Waals surface area contributed by atoms with Gasteiger partial charge in [-0.15, -0.1) is 11.3 Å². The van der Waals surface area contributed by atoms with Gasteiger partial charge in [-0.3, -0.25) is 4.98 Å². The second-order valence-electron chi connectivity index (χ2n) is 3.48. The molecule has 0 fully saturated rings. The Bertz CT molecular complexity index is 510. The van der Waals surface area contributed by atoms with Gasteiger partial charge in [0.05, 0.1) is 16.7 Å². The zero-order chi connectivity index (χ0) is 11.7. The molecule has 3 nitrogen and oxygen atoms in total. The van der Waals surface area contributed by atoms with Crippen LogP contribution >= 0.6 is 11.3 Å². The molecule has 84 valence electrons. The minimum absolute atomic E-state index is 0.238. The zero-order valence-corrected chi connectivity index (χ0v) is 9.75. The van der Waals surface area contributed by atoms with Crippen LogP contribution in [-0.2, 0) is 0 Å². The molecule has 0 spiro atoms. The predicted octanol–water partition coefficient (Wildman–Crippen LogP) is 2.71. The molecule has 0 aromatic carbocycles. The lowest BCUT2D eigenvalue weighted by atomic mass is 10.3. The Morgan fingerprint density at radius 2 is 2.25 bits per heavy atom. The molecule has 2 aromatic rings. The molecular formula is C11H11FN2OS. The Kier molecular flexibility index (Phi) is 2.98. The number of hydrogen-bond acceptors (Lipinski definition) is 4. The van der Waals surface area contributed by atoms with E-state index in [9.17, 15) is 9.50 Å². The van der Waals surface area contributed by atoms with Crippen LogP contribution in [0.15, 0.2) is 18.3 Å². The van der Waals surface area contributed by atoms with Gasteiger partial charge in [0.25, 0.3) is 0 Å². The summed E-state index contributed by atoms with van der Waals surface area (Å²) in [4.78, 5) is 8.92. The van der Waals surface area contributed by atoms with Crippen molar-refractivity contribution in [2.75, 3.05) is 0 Å². The van der Waals surface area contributed by atoms with E-state index in [1.54, 1.807) is 13.8 Å². The number of aliphatic hydroxyl groups excluding tert-OH is 1. The molecule has 2 aromatic heterocycles. The number of thiazole rings is 1. The van der Waals surface area contributed by atoms with E-state index in [4.69, 9.17) is 0 Å². The lowest BCUT2D eigenvalue weighted by Gasteiger charge is -1.98. The van der Waals surface area contributed by atoms with Gasteiger partial charge >= 0.3 is 0 Å². The molecule has 1 unspecified atom stereocenters. The highest BCUT2D eigenvalue weighted by atomic mass is 32.1. The quantitative estimate of drug-likeness (QED) is 0.875. The van der Waals surface area contributed by atoms with Gasteiger partial charge < -0.3 is 5.11 Å². The summed E-state index contributed by atoms with van der Waals surface area (Å²) in [6.45, 7) is 3.46. The van der Waals surface area contributed by atoms with Gasteiger partial charge in [0.1, 0.15) is 10.7 Å². The minimum Gasteiger partial charge on any atom is -0.388 e. The lowest BCUT2D eigenvalue weighted by Crippen LogP contribution is -1.89. The first-order valence-electron chi connectivity index (χ1n) is 4.86. The molecule has 1 N–H and O–H groups in total. The van der Waals surface area contributed by atoms with Gasteiger partial charge in [-0.25, -0.2) is 9.37 Å². The monoisotopic (exact) mass is 238 g/mol. The third-order valence-corrected chi connectivity index (χ3v) is 3.51. The highest BCUT2D eigenvalue weighted by Gasteiger charge is 2.16. The number of nitrogens with zero attached hydrogens (tertiary/aromatic N) is 2. The van der Waals surface area contributed by atoms with Crippen molar-refractivity contribution in [3.63, 3.8) is 0 Å². The standard InChI is InChI=1S/C11H11FN2OS/c1-6-10(7(2)15)16-11(14-6)9-8(12)4-3-5-13-9/h3-5,7,15H,1-2H3. The maximum atomic E-state index is 13.5. The van der Waals surface area contributed by atoms with Crippen molar-refractivity contribution in [1.29, 1.82) is 0 Å². The molecule has 0 aliphatic rings. The molecule has 0 saturated heterocycles. The van der Waals surface area contributed by atoms with Gasteiger partial charge in [0.15, 0.2) is 5.82 Å². The number of rotatable bonds is 2. The fraction of sp³-hybridized carbons (Fsp3) is 0.273.